The third-order valence-electron chi connectivity index (χ3n) is 4.38. The van der Waals surface area contributed by atoms with Gasteiger partial charge in [-0.1, -0.05) is 30.3 Å². The lowest BCUT2D eigenvalue weighted by Gasteiger charge is -2.29. The number of benzene rings is 1. The number of carbonyl (C=O) groups excluding carboxylic acids is 1. The van der Waals surface area contributed by atoms with Crippen LogP contribution in [-0.2, 0) is 24.2 Å². The highest BCUT2D eigenvalue weighted by Crippen LogP contribution is 2.18. The van der Waals surface area contributed by atoms with Gasteiger partial charge in [0, 0.05) is 11.7 Å². The fourth-order valence-corrected chi connectivity index (χ4v) is 3.10. The molecule has 0 radical (unpaired) electrons. The summed E-state index contributed by atoms with van der Waals surface area (Å²) in [5, 5.41) is 13.2. The zero-order chi connectivity index (χ0) is 17.7. The topological polar surface area (TPSA) is 79.0 Å². The summed E-state index contributed by atoms with van der Waals surface area (Å²) >= 11 is 0. The van der Waals surface area contributed by atoms with Gasteiger partial charge in [-0.05, 0) is 44.2 Å². The maximum absolute atomic E-state index is 12.3. The van der Waals surface area contributed by atoms with Crippen LogP contribution in [0.5, 0.6) is 0 Å². The van der Waals surface area contributed by atoms with Crippen LogP contribution in [0.1, 0.15) is 37.1 Å². The Hall–Kier alpha value is -2.34. The van der Waals surface area contributed by atoms with Gasteiger partial charge in [0.25, 0.3) is 0 Å². The van der Waals surface area contributed by atoms with E-state index in [4.69, 9.17) is 4.74 Å². The zero-order valence-electron chi connectivity index (χ0n) is 14.8. The molecule has 0 saturated heterocycles. The van der Waals surface area contributed by atoms with E-state index < -0.39 is 5.54 Å². The van der Waals surface area contributed by atoms with Crippen molar-refractivity contribution in [3.8, 4) is 0 Å². The fraction of sp³-hybridized carbons (Fsp3) is 0.474. The number of H-pyrrole nitrogens is 1. The van der Waals surface area contributed by atoms with Gasteiger partial charge in [0.1, 0.15) is 0 Å². The number of urea groups is 1. The Labute approximate surface area is 148 Å². The number of fused-ring (bicyclic) bond motifs is 1. The highest BCUT2D eigenvalue weighted by Gasteiger charge is 2.25. The Bertz CT molecular complexity index is 696. The van der Waals surface area contributed by atoms with Gasteiger partial charge >= 0.3 is 6.03 Å². The minimum Gasteiger partial charge on any atom is -0.374 e. The van der Waals surface area contributed by atoms with Gasteiger partial charge in [-0.25, -0.2) is 4.79 Å². The standard InChI is InChI=1S/C19H26N4O2/c1-19(2,13-25-12-14-6-4-3-5-7-14)22-18(24)21-16-8-9-17-15(10-16)11-20-23-17/h3-7,11,16H,8-10,12-13H2,1-2H3,(H,20,23)(H2,21,22,24). The van der Waals surface area contributed by atoms with E-state index in [9.17, 15) is 4.79 Å². The van der Waals surface area contributed by atoms with Crippen molar-refractivity contribution in [1.82, 2.24) is 20.8 Å². The Morgan fingerprint density at radius 1 is 1.36 bits per heavy atom. The van der Waals surface area contributed by atoms with E-state index in [1.807, 2.05) is 50.4 Å². The third kappa shape index (κ3) is 5.06. The van der Waals surface area contributed by atoms with Gasteiger partial charge < -0.3 is 15.4 Å². The molecular weight excluding hydrogens is 316 g/mol. The summed E-state index contributed by atoms with van der Waals surface area (Å²) in [4.78, 5) is 12.3. The summed E-state index contributed by atoms with van der Waals surface area (Å²) in [6.45, 7) is 4.92. The largest absolute Gasteiger partial charge is 0.374 e. The number of hydrogen-bond acceptors (Lipinski definition) is 3. The number of rotatable bonds is 6. The molecule has 1 aromatic heterocycles. The van der Waals surface area contributed by atoms with E-state index in [-0.39, 0.29) is 12.1 Å². The smallest absolute Gasteiger partial charge is 0.315 e. The van der Waals surface area contributed by atoms with E-state index in [0.29, 0.717) is 13.2 Å². The molecular formula is C19H26N4O2. The van der Waals surface area contributed by atoms with Crippen LogP contribution in [0.15, 0.2) is 36.5 Å². The van der Waals surface area contributed by atoms with Crippen LogP contribution in [0.4, 0.5) is 4.79 Å². The summed E-state index contributed by atoms with van der Waals surface area (Å²) in [6.07, 6.45) is 4.52. The molecule has 2 aromatic rings. The van der Waals surface area contributed by atoms with Crippen molar-refractivity contribution in [2.24, 2.45) is 0 Å². The lowest BCUT2D eigenvalue weighted by atomic mass is 9.94. The molecule has 1 aromatic carbocycles. The number of amides is 2. The van der Waals surface area contributed by atoms with Gasteiger partial charge in [-0.15, -0.1) is 0 Å². The highest BCUT2D eigenvalue weighted by molar-refractivity contribution is 5.75. The summed E-state index contributed by atoms with van der Waals surface area (Å²) < 4.78 is 5.76. The molecule has 6 nitrogen and oxygen atoms in total. The van der Waals surface area contributed by atoms with Crippen molar-refractivity contribution in [1.29, 1.82) is 0 Å². The number of nitrogens with zero attached hydrogens (tertiary/aromatic N) is 1. The van der Waals surface area contributed by atoms with Crippen molar-refractivity contribution in [3.63, 3.8) is 0 Å². The first-order valence-corrected chi connectivity index (χ1v) is 8.73. The molecule has 0 saturated carbocycles. The van der Waals surface area contributed by atoms with Crippen LogP contribution in [0.3, 0.4) is 0 Å². The van der Waals surface area contributed by atoms with Gasteiger partial charge in [-0.2, -0.15) is 5.10 Å². The quantitative estimate of drug-likeness (QED) is 0.755. The molecule has 3 rings (SSSR count). The fourth-order valence-electron chi connectivity index (χ4n) is 3.10. The summed E-state index contributed by atoms with van der Waals surface area (Å²) in [5.41, 5.74) is 3.07. The summed E-state index contributed by atoms with van der Waals surface area (Å²) in [5.74, 6) is 0. The number of carbonyl (C=O) groups is 1. The third-order valence-corrected chi connectivity index (χ3v) is 4.38. The van der Waals surface area contributed by atoms with E-state index >= 15 is 0 Å². The molecule has 3 N–H and O–H groups in total. The molecule has 1 atom stereocenters. The minimum atomic E-state index is -0.436. The number of aromatic nitrogens is 2. The Morgan fingerprint density at radius 3 is 2.96 bits per heavy atom. The molecule has 0 spiro atoms. The number of hydrogen-bond donors (Lipinski definition) is 3. The Morgan fingerprint density at radius 2 is 2.16 bits per heavy atom. The van der Waals surface area contributed by atoms with Gasteiger partial charge in [-0.3, -0.25) is 5.10 Å². The molecule has 6 heteroatoms. The molecule has 0 bridgehead atoms. The van der Waals surface area contributed by atoms with Crippen LogP contribution in [0.2, 0.25) is 0 Å². The van der Waals surface area contributed by atoms with Crippen molar-refractivity contribution in [2.75, 3.05) is 6.61 Å². The number of ether oxygens (including phenoxy) is 1. The first-order valence-electron chi connectivity index (χ1n) is 8.73. The number of nitrogens with one attached hydrogen (secondary N) is 3. The highest BCUT2D eigenvalue weighted by atomic mass is 16.5. The lowest BCUT2D eigenvalue weighted by Crippen LogP contribution is -2.53. The van der Waals surface area contributed by atoms with E-state index in [2.05, 4.69) is 20.8 Å². The van der Waals surface area contributed by atoms with Crippen LogP contribution in [0.25, 0.3) is 0 Å². The first-order chi connectivity index (χ1) is 12.0. The van der Waals surface area contributed by atoms with Crippen LogP contribution in [-0.4, -0.2) is 34.4 Å². The Balaban J connectivity index is 1.42. The molecule has 134 valence electrons. The summed E-state index contributed by atoms with van der Waals surface area (Å²) in [6, 6.07) is 10.0. The molecule has 1 unspecified atom stereocenters. The van der Waals surface area contributed by atoms with Crippen molar-refractivity contribution in [3.05, 3.63) is 53.3 Å². The van der Waals surface area contributed by atoms with Gasteiger partial charge in [0.2, 0.25) is 0 Å². The first kappa shape index (κ1) is 17.5. The number of aryl methyl sites for hydroxylation is 1. The second-order valence-electron chi connectivity index (χ2n) is 7.27. The molecule has 1 aliphatic carbocycles. The molecule has 1 aliphatic rings. The molecule has 2 amide bonds. The van der Waals surface area contributed by atoms with E-state index in [0.717, 1.165) is 24.8 Å². The molecule has 1 heterocycles. The van der Waals surface area contributed by atoms with Crippen molar-refractivity contribution < 1.29 is 9.53 Å². The van der Waals surface area contributed by atoms with Crippen molar-refractivity contribution in [2.45, 2.75) is 51.3 Å². The van der Waals surface area contributed by atoms with Gasteiger partial charge in [0.15, 0.2) is 0 Å². The average Bonchev–Trinajstić information content (AvgIpc) is 3.02. The number of aromatic amines is 1. The molecule has 0 fully saturated rings. The van der Waals surface area contributed by atoms with Crippen LogP contribution < -0.4 is 10.6 Å². The second kappa shape index (κ2) is 7.70. The molecule has 25 heavy (non-hydrogen) atoms. The minimum absolute atomic E-state index is 0.145. The lowest BCUT2D eigenvalue weighted by molar-refractivity contribution is 0.0741. The average molecular weight is 342 g/mol. The summed E-state index contributed by atoms with van der Waals surface area (Å²) in [7, 11) is 0. The maximum Gasteiger partial charge on any atom is 0.315 e. The predicted molar refractivity (Wildman–Crippen MR) is 96.2 cm³/mol. The normalized spacial score (nSPS) is 17.0. The van der Waals surface area contributed by atoms with Crippen molar-refractivity contribution >= 4 is 6.03 Å². The predicted octanol–water partition coefficient (Wildman–Crippen LogP) is 2.56. The monoisotopic (exact) mass is 342 g/mol. The van der Waals surface area contributed by atoms with Crippen LogP contribution >= 0.6 is 0 Å². The second-order valence-corrected chi connectivity index (χ2v) is 7.27. The van der Waals surface area contributed by atoms with E-state index in [1.165, 1.54) is 11.3 Å². The zero-order valence-corrected chi connectivity index (χ0v) is 14.8. The van der Waals surface area contributed by atoms with Crippen LogP contribution in [0, 0.1) is 0 Å². The SMILES string of the molecule is CC(C)(COCc1ccccc1)NC(=O)NC1CCc2[nH]ncc2C1. The molecule has 0 aliphatic heterocycles. The Kier molecular flexibility index (Phi) is 5.38. The maximum atomic E-state index is 12.3. The van der Waals surface area contributed by atoms with Gasteiger partial charge in [0.05, 0.1) is 24.9 Å². The van der Waals surface area contributed by atoms with E-state index in [1.54, 1.807) is 0 Å².